The lowest BCUT2D eigenvalue weighted by Crippen LogP contribution is -2.35. The van der Waals surface area contributed by atoms with Crippen molar-refractivity contribution in [1.29, 1.82) is 0 Å². The van der Waals surface area contributed by atoms with Gasteiger partial charge in [0.25, 0.3) is 5.91 Å². The molecule has 1 unspecified atom stereocenters. The number of nitrogens with zero attached hydrogens (tertiary/aromatic N) is 3. The SMILES string of the molecule is CN(Cc1cccnc1)C(=O)c1ccc(C[C@@H]2CC[C@H](C(O)c3cccnc3)N2)cc1. The Balaban J connectivity index is 1.31. The normalized spacial score (nSPS) is 19.2. The Kier molecular flexibility index (Phi) is 6.70. The van der Waals surface area contributed by atoms with E-state index in [4.69, 9.17) is 0 Å². The highest BCUT2D eigenvalue weighted by Gasteiger charge is 2.30. The summed E-state index contributed by atoms with van der Waals surface area (Å²) in [4.78, 5) is 22.6. The molecule has 1 amide bonds. The van der Waals surface area contributed by atoms with Crippen molar-refractivity contribution in [1.82, 2.24) is 20.2 Å². The van der Waals surface area contributed by atoms with Crippen molar-refractivity contribution in [3.8, 4) is 0 Å². The van der Waals surface area contributed by atoms with E-state index in [1.54, 1.807) is 36.7 Å². The Morgan fingerprint density at radius 2 is 1.81 bits per heavy atom. The highest BCUT2D eigenvalue weighted by atomic mass is 16.3. The molecule has 0 radical (unpaired) electrons. The highest BCUT2D eigenvalue weighted by molar-refractivity contribution is 5.94. The number of amides is 1. The van der Waals surface area contributed by atoms with Gasteiger partial charge in [0.2, 0.25) is 0 Å². The molecule has 0 spiro atoms. The summed E-state index contributed by atoms with van der Waals surface area (Å²) < 4.78 is 0. The van der Waals surface area contributed by atoms with Crippen LogP contribution in [0.3, 0.4) is 0 Å². The lowest BCUT2D eigenvalue weighted by atomic mass is 10.0. The van der Waals surface area contributed by atoms with Gasteiger partial charge in [0.15, 0.2) is 0 Å². The van der Waals surface area contributed by atoms with Crippen LogP contribution in [0.2, 0.25) is 0 Å². The molecule has 1 aliphatic heterocycles. The van der Waals surface area contributed by atoms with Crippen molar-refractivity contribution >= 4 is 5.91 Å². The fourth-order valence-electron chi connectivity index (χ4n) is 4.17. The van der Waals surface area contributed by atoms with Gasteiger partial charge in [-0.15, -0.1) is 0 Å². The van der Waals surface area contributed by atoms with Crippen LogP contribution < -0.4 is 5.32 Å². The second-order valence-electron chi connectivity index (χ2n) is 8.20. The first-order valence-electron chi connectivity index (χ1n) is 10.7. The topological polar surface area (TPSA) is 78.4 Å². The van der Waals surface area contributed by atoms with Crippen molar-refractivity contribution < 1.29 is 9.90 Å². The number of benzene rings is 1. The summed E-state index contributed by atoms with van der Waals surface area (Å²) in [5, 5.41) is 14.2. The lowest BCUT2D eigenvalue weighted by Gasteiger charge is -2.20. The average molecular weight is 417 g/mol. The number of rotatable bonds is 7. The van der Waals surface area contributed by atoms with Gasteiger partial charge >= 0.3 is 0 Å². The number of hydrogen-bond acceptors (Lipinski definition) is 5. The molecule has 1 aliphatic rings. The summed E-state index contributed by atoms with van der Waals surface area (Å²) >= 11 is 0. The highest BCUT2D eigenvalue weighted by Crippen LogP contribution is 2.26. The number of hydrogen-bond donors (Lipinski definition) is 2. The first-order chi connectivity index (χ1) is 15.1. The summed E-state index contributed by atoms with van der Waals surface area (Å²) in [6.07, 6.45) is 9.20. The van der Waals surface area contributed by atoms with Crippen LogP contribution in [0, 0.1) is 0 Å². The maximum Gasteiger partial charge on any atom is 0.253 e. The van der Waals surface area contributed by atoms with Gasteiger partial charge in [-0.1, -0.05) is 24.3 Å². The van der Waals surface area contributed by atoms with Crippen LogP contribution in [0.4, 0.5) is 0 Å². The van der Waals surface area contributed by atoms with E-state index in [1.807, 2.05) is 48.5 Å². The molecule has 4 rings (SSSR count). The van der Waals surface area contributed by atoms with E-state index in [1.165, 1.54) is 5.56 Å². The van der Waals surface area contributed by atoms with Crippen LogP contribution in [0.15, 0.2) is 73.3 Å². The van der Waals surface area contributed by atoms with Crippen LogP contribution in [0.25, 0.3) is 0 Å². The third-order valence-electron chi connectivity index (χ3n) is 5.86. The van der Waals surface area contributed by atoms with Crippen molar-refractivity contribution in [2.75, 3.05) is 7.05 Å². The Morgan fingerprint density at radius 3 is 2.48 bits per heavy atom. The van der Waals surface area contributed by atoms with Gasteiger partial charge in [-0.05, 0) is 54.7 Å². The third-order valence-corrected chi connectivity index (χ3v) is 5.86. The van der Waals surface area contributed by atoms with Gasteiger partial charge in [0, 0.05) is 61.6 Å². The van der Waals surface area contributed by atoms with E-state index in [0.717, 1.165) is 30.4 Å². The second kappa shape index (κ2) is 9.81. The fourth-order valence-corrected chi connectivity index (χ4v) is 4.17. The molecule has 1 saturated heterocycles. The Morgan fingerprint density at radius 1 is 1.06 bits per heavy atom. The number of aliphatic hydroxyl groups is 1. The minimum atomic E-state index is -0.547. The minimum Gasteiger partial charge on any atom is -0.387 e. The Bertz CT molecular complexity index is 979. The maximum absolute atomic E-state index is 12.7. The van der Waals surface area contributed by atoms with Crippen LogP contribution >= 0.6 is 0 Å². The molecule has 1 aromatic carbocycles. The van der Waals surface area contributed by atoms with Gasteiger partial charge in [-0.3, -0.25) is 14.8 Å². The number of carbonyl (C=O) groups is 1. The van der Waals surface area contributed by atoms with E-state index >= 15 is 0 Å². The summed E-state index contributed by atoms with van der Waals surface area (Å²) in [5.74, 6) is -0.00551. The lowest BCUT2D eigenvalue weighted by molar-refractivity contribution is 0.0785. The molecule has 1 fully saturated rings. The Hall–Kier alpha value is -3.09. The molecule has 2 N–H and O–H groups in total. The summed E-state index contributed by atoms with van der Waals surface area (Å²) in [5.41, 5.74) is 3.71. The number of aromatic nitrogens is 2. The molecule has 0 bridgehead atoms. The average Bonchev–Trinajstić information content (AvgIpc) is 3.28. The van der Waals surface area contributed by atoms with Crippen LogP contribution in [0.5, 0.6) is 0 Å². The number of carbonyl (C=O) groups excluding carboxylic acids is 1. The summed E-state index contributed by atoms with van der Waals surface area (Å²) in [6.45, 7) is 0.529. The molecule has 0 saturated carbocycles. The van der Waals surface area contributed by atoms with E-state index in [2.05, 4.69) is 15.3 Å². The first-order valence-corrected chi connectivity index (χ1v) is 10.7. The molecule has 6 heteroatoms. The van der Waals surface area contributed by atoms with Gasteiger partial charge in [-0.25, -0.2) is 0 Å². The van der Waals surface area contributed by atoms with Crippen LogP contribution in [-0.4, -0.2) is 45.0 Å². The molecule has 3 aromatic rings. The zero-order valence-electron chi connectivity index (χ0n) is 17.7. The Labute approximate surface area is 183 Å². The standard InChI is InChI=1S/C25H28N4O2/c1-29(17-19-4-2-12-26-15-19)25(31)20-8-6-18(7-9-20)14-22-10-11-23(28-22)24(30)21-5-3-13-27-16-21/h2-9,12-13,15-16,22-24,28,30H,10-11,14,17H2,1H3/t22-,23+,24?/m0/s1. The predicted molar refractivity (Wildman–Crippen MR) is 119 cm³/mol. The van der Waals surface area contributed by atoms with Crippen molar-refractivity contribution in [3.63, 3.8) is 0 Å². The van der Waals surface area contributed by atoms with Crippen LogP contribution in [-0.2, 0) is 13.0 Å². The molecular formula is C25H28N4O2. The quantitative estimate of drug-likeness (QED) is 0.619. The van der Waals surface area contributed by atoms with Crippen molar-refractivity contribution in [3.05, 3.63) is 95.6 Å². The molecule has 3 atom stereocenters. The molecule has 3 heterocycles. The monoisotopic (exact) mass is 416 g/mol. The van der Waals surface area contributed by atoms with Crippen molar-refractivity contribution in [2.45, 2.75) is 44.0 Å². The maximum atomic E-state index is 12.7. The molecule has 160 valence electrons. The fraction of sp³-hybridized carbons (Fsp3) is 0.320. The second-order valence-corrected chi connectivity index (χ2v) is 8.20. The molecule has 0 aliphatic carbocycles. The van der Waals surface area contributed by atoms with Gasteiger partial charge in [0.1, 0.15) is 0 Å². The van der Waals surface area contributed by atoms with E-state index in [-0.39, 0.29) is 11.9 Å². The van der Waals surface area contributed by atoms with Gasteiger partial charge < -0.3 is 15.3 Å². The van der Waals surface area contributed by atoms with E-state index < -0.39 is 6.10 Å². The van der Waals surface area contributed by atoms with Gasteiger partial charge in [-0.2, -0.15) is 0 Å². The largest absolute Gasteiger partial charge is 0.387 e. The third kappa shape index (κ3) is 5.34. The zero-order chi connectivity index (χ0) is 21.6. The predicted octanol–water partition coefficient (Wildman–Crippen LogP) is 3.15. The first kappa shape index (κ1) is 21.2. The molecule has 31 heavy (non-hydrogen) atoms. The zero-order valence-corrected chi connectivity index (χ0v) is 17.7. The van der Waals surface area contributed by atoms with Crippen molar-refractivity contribution in [2.24, 2.45) is 0 Å². The number of nitrogens with one attached hydrogen (secondary N) is 1. The number of pyridine rings is 2. The summed E-state index contributed by atoms with van der Waals surface area (Å²) in [6, 6.07) is 15.8. The van der Waals surface area contributed by atoms with E-state index in [0.29, 0.717) is 18.2 Å². The number of aliphatic hydroxyl groups excluding tert-OH is 1. The molecule has 6 nitrogen and oxygen atoms in total. The summed E-state index contributed by atoms with van der Waals surface area (Å²) in [7, 11) is 1.80. The molecule has 2 aromatic heterocycles. The smallest absolute Gasteiger partial charge is 0.253 e. The van der Waals surface area contributed by atoms with Gasteiger partial charge in [0.05, 0.1) is 6.10 Å². The van der Waals surface area contributed by atoms with E-state index in [9.17, 15) is 9.90 Å². The minimum absolute atomic E-state index is 0.00551. The van der Waals surface area contributed by atoms with Crippen LogP contribution in [0.1, 0.15) is 46.0 Å². The molecular weight excluding hydrogens is 388 g/mol.